The minimum atomic E-state index is -4.06. The van der Waals surface area contributed by atoms with E-state index in [2.05, 4.69) is 14.1 Å². The SMILES string of the molecule is O=c1[nH]c2ccc(S(=O)(=O)Nc3ccc(F)c(Cl)c3)cc2c(=O)o1. The van der Waals surface area contributed by atoms with Gasteiger partial charge in [-0.15, -0.1) is 0 Å². The number of halogens is 2. The first-order valence-electron chi connectivity index (χ1n) is 6.41. The molecule has 1 heterocycles. The number of hydrogen-bond acceptors (Lipinski definition) is 5. The van der Waals surface area contributed by atoms with Crippen molar-refractivity contribution >= 4 is 38.2 Å². The van der Waals surface area contributed by atoms with Crippen LogP contribution in [0, 0.1) is 5.82 Å². The molecule has 3 aromatic rings. The monoisotopic (exact) mass is 370 g/mol. The van der Waals surface area contributed by atoms with E-state index in [0.717, 1.165) is 18.2 Å². The molecular weight excluding hydrogens is 363 g/mol. The number of H-pyrrole nitrogens is 1. The summed E-state index contributed by atoms with van der Waals surface area (Å²) in [5.74, 6) is -1.63. The summed E-state index contributed by atoms with van der Waals surface area (Å²) >= 11 is 5.61. The second kappa shape index (κ2) is 5.77. The van der Waals surface area contributed by atoms with E-state index in [4.69, 9.17) is 11.6 Å². The van der Waals surface area contributed by atoms with Gasteiger partial charge in [0.2, 0.25) is 0 Å². The van der Waals surface area contributed by atoms with Gasteiger partial charge in [0.25, 0.3) is 10.0 Å². The van der Waals surface area contributed by atoms with E-state index in [1.807, 2.05) is 0 Å². The fourth-order valence-electron chi connectivity index (χ4n) is 2.02. The average Bonchev–Trinajstić information content (AvgIpc) is 2.50. The molecule has 1 aromatic heterocycles. The number of aromatic amines is 1. The maximum absolute atomic E-state index is 13.1. The van der Waals surface area contributed by atoms with E-state index in [1.54, 1.807) is 0 Å². The lowest BCUT2D eigenvalue weighted by atomic mass is 10.2. The standard InChI is InChI=1S/C14H8ClFN2O5S/c15-10-5-7(1-3-11(10)16)18-24(21,22)8-2-4-12-9(6-8)13(19)23-14(20)17-12/h1-6,18H,(H,17,20). The first-order chi connectivity index (χ1) is 11.3. The lowest BCUT2D eigenvalue weighted by Gasteiger charge is -2.09. The van der Waals surface area contributed by atoms with Gasteiger partial charge >= 0.3 is 11.4 Å². The molecule has 0 saturated carbocycles. The number of sulfonamides is 1. The fourth-order valence-corrected chi connectivity index (χ4v) is 3.27. The van der Waals surface area contributed by atoms with Gasteiger partial charge in [0.15, 0.2) is 0 Å². The zero-order chi connectivity index (χ0) is 17.5. The van der Waals surface area contributed by atoms with Gasteiger partial charge < -0.3 is 4.42 Å². The molecule has 0 aliphatic rings. The maximum Gasteiger partial charge on any atom is 0.419 e. The molecule has 10 heteroatoms. The van der Waals surface area contributed by atoms with Gasteiger partial charge in [-0.05, 0) is 36.4 Å². The van der Waals surface area contributed by atoms with Gasteiger partial charge in [0.05, 0.1) is 26.5 Å². The van der Waals surface area contributed by atoms with Crippen molar-refractivity contribution in [2.24, 2.45) is 0 Å². The highest BCUT2D eigenvalue weighted by molar-refractivity contribution is 7.92. The minimum absolute atomic E-state index is 0.0509. The Morgan fingerprint density at radius 1 is 1.12 bits per heavy atom. The number of nitrogens with one attached hydrogen (secondary N) is 2. The molecule has 0 aliphatic heterocycles. The highest BCUT2D eigenvalue weighted by atomic mass is 35.5. The summed E-state index contributed by atoms with van der Waals surface area (Å²) in [7, 11) is -4.06. The lowest BCUT2D eigenvalue weighted by Crippen LogP contribution is -2.16. The van der Waals surface area contributed by atoms with Crippen molar-refractivity contribution in [2.45, 2.75) is 4.90 Å². The molecule has 0 spiro atoms. The first kappa shape index (κ1) is 16.2. The molecule has 3 rings (SSSR count). The third kappa shape index (κ3) is 3.03. The Bertz CT molecular complexity index is 1170. The van der Waals surface area contributed by atoms with Gasteiger partial charge in [-0.2, -0.15) is 0 Å². The Labute approximate surface area is 138 Å². The van der Waals surface area contributed by atoms with Gasteiger partial charge in [-0.1, -0.05) is 11.6 Å². The number of hydrogen-bond donors (Lipinski definition) is 2. The van der Waals surface area contributed by atoms with Crippen LogP contribution in [0.4, 0.5) is 10.1 Å². The van der Waals surface area contributed by atoms with E-state index in [1.165, 1.54) is 18.2 Å². The highest BCUT2D eigenvalue weighted by Gasteiger charge is 2.17. The quantitative estimate of drug-likeness (QED) is 0.733. The lowest BCUT2D eigenvalue weighted by molar-refractivity contribution is 0.460. The van der Waals surface area contributed by atoms with Crippen LogP contribution in [0.1, 0.15) is 0 Å². The van der Waals surface area contributed by atoms with Crippen molar-refractivity contribution < 1.29 is 17.2 Å². The molecule has 24 heavy (non-hydrogen) atoms. The Morgan fingerprint density at radius 3 is 2.58 bits per heavy atom. The molecule has 7 nitrogen and oxygen atoms in total. The molecule has 0 saturated heterocycles. The van der Waals surface area contributed by atoms with Crippen LogP contribution < -0.4 is 16.1 Å². The molecule has 2 N–H and O–H groups in total. The van der Waals surface area contributed by atoms with Gasteiger partial charge in [0, 0.05) is 0 Å². The van der Waals surface area contributed by atoms with E-state index in [0.29, 0.717) is 0 Å². The third-order valence-corrected chi connectivity index (χ3v) is 4.78. The van der Waals surface area contributed by atoms with Crippen LogP contribution in [-0.2, 0) is 10.0 Å². The normalized spacial score (nSPS) is 11.6. The number of anilines is 1. The summed E-state index contributed by atoms with van der Waals surface area (Å²) in [4.78, 5) is 24.8. The van der Waals surface area contributed by atoms with Crippen LogP contribution in [0.5, 0.6) is 0 Å². The van der Waals surface area contributed by atoms with Gasteiger partial charge in [-0.25, -0.2) is 22.4 Å². The molecule has 2 aromatic carbocycles. The molecule has 124 valence electrons. The van der Waals surface area contributed by atoms with Crippen molar-refractivity contribution in [1.29, 1.82) is 0 Å². The fraction of sp³-hybridized carbons (Fsp3) is 0. The predicted molar refractivity (Wildman–Crippen MR) is 85.3 cm³/mol. The van der Waals surface area contributed by atoms with Crippen LogP contribution in [0.3, 0.4) is 0 Å². The Balaban J connectivity index is 2.06. The second-order valence-corrected chi connectivity index (χ2v) is 6.83. The number of rotatable bonds is 3. The summed E-state index contributed by atoms with van der Waals surface area (Å²) in [6.45, 7) is 0. The molecule has 0 bridgehead atoms. The Kier molecular flexibility index (Phi) is 3.90. The molecule has 0 aliphatic carbocycles. The summed E-state index contributed by atoms with van der Waals surface area (Å²) in [6.07, 6.45) is 0. The summed E-state index contributed by atoms with van der Waals surface area (Å²) < 4.78 is 44.4. The van der Waals surface area contributed by atoms with E-state index < -0.39 is 27.2 Å². The zero-order valence-corrected chi connectivity index (χ0v) is 13.2. The molecule has 0 atom stereocenters. The predicted octanol–water partition coefficient (Wildman–Crippen LogP) is 2.07. The third-order valence-electron chi connectivity index (χ3n) is 3.12. The second-order valence-electron chi connectivity index (χ2n) is 4.74. The molecule has 0 unspecified atom stereocenters. The van der Waals surface area contributed by atoms with Crippen LogP contribution in [0.25, 0.3) is 10.9 Å². The number of aromatic nitrogens is 1. The highest BCUT2D eigenvalue weighted by Crippen LogP contribution is 2.23. The van der Waals surface area contributed by atoms with Crippen molar-refractivity contribution in [1.82, 2.24) is 4.98 Å². The molecule has 0 fully saturated rings. The van der Waals surface area contributed by atoms with E-state index in [-0.39, 0.29) is 26.5 Å². The Hall–Kier alpha value is -2.65. The van der Waals surface area contributed by atoms with Crippen molar-refractivity contribution in [3.05, 3.63) is 68.2 Å². The summed E-state index contributed by atoms with van der Waals surface area (Å²) in [6, 6.07) is 6.85. The van der Waals surface area contributed by atoms with Gasteiger partial charge in [0.1, 0.15) is 5.82 Å². The van der Waals surface area contributed by atoms with Crippen LogP contribution in [-0.4, -0.2) is 13.4 Å². The van der Waals surface area contributed by atoms with Crippen LogP contribution in [0.2, 0.25) is 5.02 Å². The van der Waals surface area contributed by atoms with Gasteiger partial charge in [-0.3, -0.25) is 9.71 Å². The first-order valence-corrected chi connectivity index (χ1v) is 8.27. The van der Waals surface area contributed by atoms with Crippen molar-refractivity contribution in [3.63, 3.8) is 0 Å². The van der Waals surface area contributed by atoms with Crippen molar-refractivity contribution in [2.75, 3.05) is 4.72 Å². The topological polar surface area (TPSA) is 109 Å². The number of fused-ring (bicyclic) bond motifs is 1. The van der Waals surface area contributed by atoms with E-state index >= 15 is 0 Å². The summed E-state index contributed by atoms with van der Waals surface area (Å²) in [5.41, 5.74) is -0.773. The molecule has 0 radical (unpaired) electrons. The average molecular weight is 371 g/mol. The minimum Gasteiger partial charge on any atom is -0.372 e. The smallest absolute Gasteiger partial charge is 0.372 e. The Morgan fingerprint density at radius 2 is 1.88 bits per heavy atom. The van der Waals surface area contributed by atoms with Crippen LogP contribution in [0.15, 0.2) is 55.3 Å². The zero-order valence-electron chi connectivity index (χ0n) is 11.7. The molecular formula is C14H8ClFN2O5S. The summed E-state index contributed by atoms with van der Waals surface area (Å²) in [5, 5.41) is -0.346. The number of benzene rings is 2. The molecule has 0 amide bonds. The largest absolute Gasteiger partial charge is 0.419 e. The van der Waals surface area contributed by atoms with Crippen LogP contribution >= 0.6 is 11.6 Å². The van der Waals surface area contributed by atoms with Crippen molar-refractivity contribution in [3.8, 4) is 0 Å². The van der Waals surface area contributed by atoms with E-state index in [9.17, 15) is 22.4 Å². The maximum atomic E-state index is 13.1.